The number of ether oxygens (including phenoxy) is 1. The molecule has 1 aromatic carbocycles. The van der Waals surface area contributed by atoms with Crippen molar-refractivity contribution in [3.05, 3.63) is 33.3 Å². The molecule has 0 heterocycles. The van der Waals surface area contributed by atoms with Crippen molar-refractivity contribution in [2.24, 2.45) is 0 Å². The van der Waals surface area contributed by atoms with Crippen LogP contribution in [0.2, 0.25) is 5.02 Å². The molecule has 0 bridgehead atoms. The van der Waals surface area contributed by atoms with E-state index in [0.717, 1.165) is 0 Å². The van der Waals surface area contributed by atoms with Gasteiger partial charge in [0.2, 0.25) is 0 Å². The maximum Gasteiger partial charge on any atom is 0.325 e. The predicted molar refractivity (Wildman–Crippen MR) is 72.4 cm³/mol. The van der Waals surface area contributed by atoms with Crippen molar-refractivity contribution < 1.29 is 14.5 Å². The molecule has 7 heteroatoms. The summed E-state index contributed by atoms with van der Waals surface area (Å²) in [5, 5.41) is 13.8. The number of hydrogen-bond donors (Lipinski definition) is 1. The van der Waals surface area contributed by atoms with E-state index >= 15 is 0 Å². The molecule has 6 nitrogen and oxygen atoms in total. The number of carbonyl (C=O) groups excluding carboxylic acids is 1. The minimum absolute atomic E-state index is 0.145. The van der Waals surface area contributed by atoms with Gasteiger partial charge in [-0.3, -0.25) is 14.9 Å². The summed E-state index contributed by atoms with van der Waals surface area (Å²) in [6.45, 7) is 5.06. The first-order chi connectivity index (χ1) is 8.69. The highest BCUT2D eigenvalue weighted by molar-refractivity contribution is 6.31. The number of benzene rings is 1. The smallest absolute Gasteiger partial charge is 0.325 e. The molecule has 0 saturated carbocycles. The number of nitro groups is 1. The fraction of sp³-hybridized carbons (Fsp3) is 0.417. The highest BCUT2D eigenvalue weighted by Gasteiger charge is 2.18. The Morgan fingerprint density at radius 3 is 2.63 bits per heavy atom. The molecule has 19 heavy (non-hydrogen) atoms. The molecule has 0 aromatic heterocycles. The molecule has 1 aromatic rings. The minimum atomic E-state index is -0.598. The van der Waals surface area contributed by atoms with Gasteiger partial charge in [-0.15, -0.1) is 0 Å². The molecule has 0 unspecified atom stereocenters. The molecule has 0 spiro atoms. The molecular formula is C12H15ClN2O4. The number of nitrogens with zero attached hydrogens (tertiary/aromatic N) is 1. The Kier molecular flexibility index (Phi) is 4.72. The molecule has 0 saturated heterocycles. The molecule has 104 valence electrons. The Bertz CT molecular complexity index is 497. The summed E-state index contributed by atoms with van der Waals surface area (Å²) in [4.78, 5) is 21.8. The Balaban J connectivity index is 2.75. The van der Waals surface area contributed by atoms with E-state index < -0.39 is 16.5 Å². The third-order valence-electron chi connectivity index (χ3n) is 2.00. The number of anilines is 1. The van der Waals surface area contributed by atoms with E-state index in [2.05, 4.69) is 5.32 Å². The SMILES string of the molecule is CC(C)(C)OC(=O)CNc1cc(Cl)ccc1[N+](=O)[O-]. The van der Waals surface area contributed by atoms with Crippen molar-refractivity contribution in [3.63, 3.8) is 0 Å². The van der Waals surface area contributed by atoms with Gasteiger partial charge in [0.1, 0.15) is 17.8 Å². The summed E-state index contributed by atoms with van der Waals surface area (Å²) < 4.78 is 5.09. The van der Waals surface area contributed by atoms with Crippen molar-refractivity contribution in [2.45, 2.75) is 26.4 Å². The van der Waals surface area contributed by atoms with Crippen LogP contribution >= 0.6 is 11.6 Å². The maximum absolute atomic E-state index is 11.5. The van der Waals surface area contributed by atoms with Crippen LogP contribution in [0.15, 0.2) is 18.2 Å². The zero-order valence-electron chi connectivity index (χ0n) is 10.9. The second-order valence-corrected chi connectivity index (χ2v) is 5.30. The fourth-order valence-corrected chi connectivity index (χ4v) is 1.53. The summed E-state index contributed by atoms with van der Waals surface area (Å²) in [5.41, 5.74) is -0.560. The minimum Gasteiger partial charge on any atom is -0.459 e. The molecule has 0 radical (unpaired) electrons. The average molecular weight is 287 g/mol. The molecule has 0 aliphatic rings. The lowest BCUT2D eigenvalue weighted by Gasteiger charge is -2.19. The standard InChI is InChI=1S/C12H15ClN2O4/c1-12(2,3)19-11(16)7-14-9-6-8(13)4-5-10(9)15(17)18/h4-6,14H,7H2,1-3H3. The van der Waals surface area contributed by atoms with Gasteiger partial charge in [-0.05, 0) is 32.9 Å². The predicted octanol–water partition coefficient (Wildman–Crippen LogP) is 3.00. The topological polar surface area (TPSA) is 81.5 Å². The van der Waals surface area contributed by atoms with E-state index in [0.29, 0.717) is 5.02 Å². The quantitative estimate of drug-likeness (QED) is 0.523. The number of rotatable bonds is 4. The van der Waals surface area contributed by atoms with E-state index in [1.165, 1.54) is 18.2 Å². The maximum atomic E-state index is 11.5. The van der Waals surface area contributed by atoms with Gasteiger partial charge < -0.3 is 10.1 Å². The Hall–Kier alpha value is -1.82. The molecule has 0 fully saturated rings. The van der Waals surface area contributed by atoms with Crippen LogP contribution in [0.4, 0.5) is 11.4 Å². The van der Waals surface area contributed by atoms with Crippen LogP contribution in [0.25, 0.3) is 0 Å². The number of carbonyl (C=O) groups is 1. The first kappa shape index (κ1) is 15.2. The van der Waals surface area contributed by atoms with E-state index in [1.807, 2.05) is 0 Å². The monoisotopic (exact) mass is 286 g/mol. The van der Waals surface area contributed by atoms with Crippen LogP contribution in [-0.4, -0.2) is 23.0 Å². The second kappa shape index (κ2) is 5.88. The highest BCUT2D eigenvalue weighted by Crippen LogP contribution is 2.27. The van der Waals surface area contributed by atoms with Crippen LogP contribution in [0.3, 0.4) is 0 Å². The van der Waals surface area contributed by atoms with Crippen LogP contribution in [-0.2, 0) is 9.53 Å². The molecule has 0 amide bonds. The van der Waals surface area contributed by atoms with Gasteiger partial charge in [0.05, 0.1) is 4.92 Å². The lowest BCUT2D eigenvalue weighted by molar-refractivity contribution is -0.383. The van der Waals surface area contributed by atoms with E-state index in [-0.39, 0.29) is 17.9 Å². The van der Waals surface area contributed by atoms with Gasteiger partial charge >= 0.3 is 5.97 Å². The van der Waals surface area contributed by atoms with Crippen molar-refractivity contribution in [1.29, 1.82) is 0 Å². The zero-order valence-corrected chi connectivity index (χ0v) is 11.7. The number of nitro benzene ring substituents is 1. The number of esters is 1. The summed E-state index contributed by atoms with van der Waals surface area (Å²) >= 11 is 5.76. The van der Waals surface area contributed by atoms with Crippen LogP contribution in [0, 0.1) is 10.1 Å². The van der Waals surface area contributed by atoms with Gasteiger partial charge in [0.15, 0.2) is 0 Å². The molecule has 0 aliphatic carbocycles. The van der Waals surface area contributed by atoms with Crippen molar-refractivity contribution >= 4 is 28.9 Å². The van der Waals surface area contributed by atoms with Crippen molar-refractivity contribution in [1.82, 2.24) is 0 Å². The first-order valence-electron chi connectivity index (χ1n) is 5.59. The van der Waals surface area contributed by atoms with Crippen LogP contribution in [0.1, 0.15) is 20.8 Å². The van der Waals surface area contributed by atoms with E-state index in [9.17, 15) is 14.9 Å². The lowest BCUT2D eigenvalue weighted by Crippen LogP contribution is -2.28. The molecule has 0 atom stereocenters. The lowest BCUT2D eigenvalue weighted by atomic mass is 10.2. The Morgan fingerprint density at radius 1 is 1.47 bits per heavy atom. The first-order valence-corrected chi connectivity index (χ1v) is 5.96. The number of hydrogen-bond acceptors (Lipinski definition) is 5. The van der Waals surface area contributed by atoms with Crippen molar-refractivity contribution in [3.8, 4) is 0 Å². The normalized spacial score (nSPS) is 10.9. The third-order valence-corrected chi connectivity index (χ3v) is 2.23. The van der Waals surface area contributed by atoms with Gasteiger partial charge in [-0.25, -0.2) is 0 Å². The molecular weight excluding hydrogens is 272 g/mol. The number of halogens is 1. The largest absolute Gasteiger partial charge is 0.459 e. The van der Waals surface area contributed by atoms with Crippen LogP contribution in [0.5, 0.6) is 0 Å². The Morgan fingerprint density at radius 2 is 2.11 bits per heavy atom. The summed E-state index contributed by atoms with van der Waals surface area (Å²) in [6.07, 6.45) is 0. The number of nitrogens with one attached hydrogen (secondary N) is 1. The average Bonchev–Trinajstić information content (AvgIpc) is 2.23. The van der Waals surface area contributed by atoms with Gasteiger partial charge in [-0.1, -0.05) is 11.6 Å². The van der Waals surface area contributed by atoms with Crippen LogP contribution < -0.4 is 5.32 Å². The summed E-state index contributed by atoms with van der Waals surface area (Å²) in [6, 6.07) is 4.09. The van der Waals surface area contributed by atoms with Crippen molar-refractivity contribution in [2.75, 3.05) is 11.9 Å². The van der Waals surface area contributed by atoms with Gasteiger partial charge in [-0.2, -0.15) is 0 Å². The Labute approximate surface area is 115 Å². The van der Waals surface area contributed by atoms with Gasteiger partial charge in [0, 0.05) is 11.1 Å². The van der Waals surface area contributed by atoms with E-state index in [1.54, 1.807) is 20.8 Å². The fourth-order valence-electron chi connectivity index (χ4n) is 1.35. The molecule has 0 aliphatic heterocycles. The van der Waals surface area contributed by atoms with E-state index in [4.69, 9.17) is 16.3 Å². The molecule has 1 rings (SSSR count). The summed E-state index contributed by atoms with van der Waals surface area (Å²) in [5.74, 6) is -0.498. The molecule has 1 N–H and O–H groups in total. The summed E-state index contributed by atoms with van der Waals surface area (Å²) in [7, 11) is 0. The second-order valence-electron chi connectivity index (χ2n) is 4.86. The highest BCUT2D eigenvalue weighted by atomic mass is 35.5. The zero-order chi connectivity index (χ0) is 14.6. The van der Waals surface area contributed by atoms with Gasteiger partial charge in [0.25, 0.3) is 5.69 Å². The third kappa shape index (κ3) is 5.13.